The van der Waals surface area contributed by atoms with Crippen molar-refractivity contribution in [3.8, 4) is 5.75 Å². The van der Waals surface area contributed by atoms with Crippen LogP contribution in [0.3, 0.4) is 0 Å². The minimum Gasteiger partial charge on any atom is -0.494 e. The number of aliphatic imine (C=N–C) groups is 1. The zero-order valence-electron chi connectivity index (χ0n) is 18.6. The van der Waals surface area contributed by atoms with Gasteiger partial charge >= 0.3 is 0 Å². The average Bonchev–Trinajstić information content (AvgIpc) is 2.79. The number of hydrogen-bond donors (Lipinski definition) is 2. The Bertz CT molecular complexity index is 810. The smallest absolute Gasteiger partial charge is 0.191 e. The molecule has 31 heavy (non-hydrogen) atoms. The van der Waals surface area contributed by atoms with Gasteiger partial charge in [0.25, 0.3) is 0 Å². The van der Waals surface area contributed by atoms with Crippen molar-refractivity contribution >= 4 is 29.9 Å². The molecule has 0 saturated carbocycles. The fraction of sp³-hybridized carbons (Fsp3) is 0.458. The van der Waals surface area contributed by atoms with E-state index in [1.54, 1.807) is 0 Å². The van der Waals surface area contributed by atoms with Crippen LogP contribution in [0.4, 0.5) is 0 Å². The summed E-state index contributed by atoms with van der Waals surface area (Å²) in [4.78, 5) is 6.82. The van der Waals surface area contributed by atoms with E-state index >= 15 is 0 Å². The van der Waals surface area contributed by atoms with Crippen LogP contribution in [0.25, 0.3) is 0 Å². The Labute approximate surface area is 203 Å². The van der Waals surface area contributed by atoms with Gasteiger partial charge in [0.2, 0.25) is 0 Å². The van der Waals surface area contributed by atoms with E-state index in [1.807, 2.05) is 26.1 Å². The largest absolute Gasteiger partial charge is 0.494 e. The first-order valence-corrected chi connectivity index (χ1v) is 10.8. The van der Waals surface area contributed by atoms with Crippen LogP contribution in [-0.4, -0.2) is 57.4 Å². The maximum absolute atomic E-state index is 5.72. The lowest BCUT2D eigenvalue weighted by atomic mass is 10.1. The van der Waals surface area contributed by atoms with Crippen LogP contribution in [0.15, 0.2) is 53.5 Å². The quantitative estimate of drug-likeness (QED) is 0.291. The van der Waals surface area contributed by atoms with Crippen LogP contribution in [0.1, 0.15) is 23.6 Å². The SMILES string of the molecule is CCOc1ccccc1CCNC(=NC)NCc1ccccc1CN1CCOCC1.I. The van der Waals surface area contributed by atoms with E-state index < -0.39 is 0 Å². The van der Waals surface area contributed by atoms with Gasteiger partial charge in [-0.15, -0.1) is 24.0 Å². The highest BCUT2D eigenvalue weighted by atomic mass is 127. The van der Waals surface area contributed by atoms with Crippen molar-refractivity contribution in [3.05, 3.63) is 65.2 Å². The molecule has 2 N–H and O–H groups in total. The van der Waals surface area contributed by atoms with E-state index in [0.717, 1.165) is 64.1 Å². The van der Waals surface area contributed by atoms with E-state index in [2.05, 4.69) is 56.9 Å². The molecule has 170 valence electrons. The fourth-order valence-electron chi connectivity index (χ4n) is 3.61. The lowest BCUT2D eigenvalue weighted by Crippen LogP contribution is -2.38. The molecule has 0 unspecified atom stereocenters. The number of morpholine rings is 1. The first-order valence-electron chi connectivity index (χ1n) is 10.8. The maximum Gasteiger partial charge on any atom is 0.191 e. The van der Waals surface area contributed by atoms with Crippen LogP contribution in [0, 0.1) is 0 Å². The first kappa shape index (κ1) is 25.4. The Morgan fingerprint density at radius 1 is 1.00 bits per heavy atom. The van der Waals surface area contributed by atoms with Gasteiger partial charge in [-0.1, -0.05) is 42.5 Å². The molecule has 1 aliphatic rings. The summed E-state index contributed by atoms with van der Waals surface area (Å²) in [5.41, 5.74) is 3.86. The van der Waals surface area contributed by atoms with E-state index in [0.29, 0.717) is 6.61 Å². The third-order valence-electron chi connectivity index (χ3n) is 5.25. The Kier molecular flexibility index (Phi) is 11.7. The average molecular weight is 538 g/mol. The number of ether oxygens (including phenoxy) is 2. The van der Waals surface area contributed by atoms with Gasteiger partial charge in [-0.05, 0) is 36.1 Å². The second-order valence-corrected chi connectivity index (χ2v) is 7.30. The number of nitrogens with zero attached hydrogens (tertiary/aromatic N) is 2. The van der Waals surface area contributed by atoms with E-state index in [-0.39, 0.29) is 24.0 Å². The van der Waals surface area contributed by atoms with Crippen molar-refractivity contribution < 1.29 is 9.47 Å². The Balaban J connectivity index is 0.00000341. The number of rotatable bonds is 9. The summed E-state index contributed by atoms with van der Waals surface area (Å²) in [6.07, 6.45) is 0.879. The molecule has 0 aliphatic carbocycles. The third-order valence-corrected chi connectivity index (χ3v) is 5.25. The molecule has 1 heterocycles. The van der Waals surface area contributed by atoms with Gasteiger partial charge in [-0.2, -0.15) is 0 Å². The Morgan fingerprint density at radius 2 is 1.68 bits per heavy atom. The normalized spacial score (nSPS) is 14.6. The molecular weight excluding hydrogens is 503 g/mol. The van der Waals surface area contributed by atoms with Crippen molar-refractivity contribution in [2.75, 3.05) is 46.5 Å². The lowest BCUT2D eigenvalue weighted by molar-refractivity contribution is 0.0341. The van der Waals surface area contributed by atoms with Gasteiger partial charge in [-0.3, -0.25) is 9.89 Å². The number of guanidine groups is 1. The number of nitrogens with one attached hydrogen (secondary N) is 2. The summed E-state index contributed by atoms with van der Waals surface area (Å²) in [6, 6.07) is 16.8. The molecule has 1 fully saturated rings. The van der Waals surface area contributed by atoms with Gasteiger partial charge in [0.05, 0.1) is 19.8 Å². The Hall–Kier alpha value is -1.84. The van der Waals surface area contributed by atoms with Gasteiger partial charge in [0.1, 0.15) is 5.75 Å². The van der Waals surface area contributed by atoms with Gasteiger partial charge in [-0.25, -0.2) is 0 Å². The minimum atomic E-state index is 0. The molecule has 3 rings (SSSR count). The highest BCUT2D eigenvalue weighted by Gasteiger charge is 2.13. The van der Waals surface area contributed by atoms with Crippen LogP contribution in [-0.2, 0) is 24.2 Å². The first-order chi connectivity index (χ1) is 14.8. The zero-order valence-corrected chi connectivity index (χ0v) is 20.9. The molecule has 0 spiro atoms. The van der Waals surface area contributed by atoms with E-state index in [1.165, 1.54) is 16.7 Å². The zero-order chi connectivity index (χ0) is 21.0. The van der Waals surface area contributed by atoms with E-state index in [9.17, 15) is 0 Å². The predicted molar refractivity (Wildman–Crippen MR) is 137 cm³/mol. The Morgan fingerprint density at radius 3 is 2.39 bits per heavy atom. The standard InChI is InChI=1S/C24H34N4O2.HI/c1-3-30-23-11-7-6-8-20(23)12-13-26-24(25-2)27-18-21-9-4-5-10-22(21)19-28-14-16-29-17-15-28;/h4-11H,3,12-19H2,1-2H3,(H2,25,26,27);1H. The summed E-state index contributed by atoms with van der Waals surface area (Å²) < 4.78 is 11.2. The van der Waals surface area contributed by atoms with Crippen LogP contribution >= 0.6 is 24.0 Å². The molecule has 2 aromatic rings. The molecular formula is C24H35IN4O2. The van der Waals surface area contributed by atoms with Gasteiger partial charge in [0, 0.05) is 39.8 Å². The summed E-state index contributed by atoms with van der Waals surface area (Å²) in [5.74, 6) is 1.77. The lowest BCUT2D eigenvalue weighted by Gasteiger charge is -2.27. The van der Waals surface area contributed by atoms with Crippen molar-refractivity contribution in [1.29, 1.82) is 0 Å². The van der Waals surface area contributed by atoms with E-state index in [4.69, 9.17) is 9.47 Å². The second kappa shape index (κ2) is 14.3. The summed E-state index contributed by atoms with van der Waals surface area (Å²) >= 11 is 0. The van der Waals surface area contributed by atoms with Crippen LogP contribution < -0.4 is 15.4 Å². The van der Waals surface area contributed by atoms with Gasteiger partial charge in [0.15, 0.2) is 5.96 Å². The van der Waals surface area contributed by atoms with Crippen molar-refractivity contribution in [2.24, 2.45) is 4.99 Å². The summed E-state index contributed by atoms with van der Waals surface area (Å²) in [6.45, 7) is 8.82. The molecule has 6 nitrogen and oxygen atoms in total. The highest BCUT2D eigenvalue weighted by Crippen LogP contribution is 2.18. The molecule has 0 amide bonds. The minimum absolute atomic E-state index is 0. The van der Waals surface area contributed by atoms with Crippen molar-refractivity contribution in [3.63, 3.8) is 0 Å². The maximum atomic E-state index is 5.72. The van der Waals surface area contributed by atoms with Crippen molar-refractivity contribution in [1.82, 2.24) is 15.5 Å². The molecule has 0 atom stereocenters. The molecule has 0 radical (unpaired) electrons. The number of para-hydroxylation sites is 1. The van der Waals surface area contributed by atoms with Gasteiger partial charge < -0.3 is 20.1 Å². The molecule has 2 aromatic carbocycles. The molecule has 1 saturated heterocycles. The molecule has 0 bridgehead atoms. The number of halogens is 1. The fourth-order valence-corrected chi connectivity index (χ4v) is 3.61. The molecule has 1 aliphatic heterocycles. The predicted octanol–water partition coefficient (Wildman–Crippen LogP) is 3.44. The number of hydrogen-bond acceptors (Lipinski definition) is 4. The summed E-state index contributed by atoms with van der Waals surface area (Å²) in [5, 5.41) is 6.87. The van der Waals surface area contributed by atoms with Crippen LogP contribution in [0.5, 0.6) is 5.75 Å². The number of benzene rings is 2. The topological polar surface area (TPSA) is 58.1 Å². The third kappa shape index (κ3) is 8.31. The molecule has 0 aromatic heterocycles. The summed E-state index contributed by atoms with van der Waals surface area (Å²) in [7, 11) is 1.81. The highest BCUT2D eigenvalue weighted by molar-refractivity contribution is 14.0. The van der Waals surface area contributed by atoms with Crippen LogP contribution in [0.2, 0.25) is 0 Å². The second-order valence-electron chi connectivity index (χ2n) is 7.30. The molecule has 7 heteroatoms. The monoisotopic (exact) mass is 538 g/mol. The van der Waals surface area contributed by atoms with Crippen molar-refractivity contribution in [2.45, 2.75) is 26.4 Å².